The van der Waals surface area contributed by atoms with Crippen LogP contribution in [-0.2, 0) is 0 Å². The van der Waals surface area contributed by atoms with E-state index in [0.29, 0.717) is 10.4 Å². The smallest absolute Gasteiger partial charge is 0.287 e. The predicted octanol–water partition coefficient (Wildman–Crippen LogP) is 2.19. The lowest BCUT2D eigenvalue weighted by molar-refractivity contribution is 0.0905. The average molecular weight is 322 g/mol. The molecule has 0 aliphatic rings. The van der Waals surface area contributed by atoms with Gasteiger partial charge in [-0.15, -0.1) is 0 Å². The second kappa shape index (κ2) is 6.47. The van der Waals surface area contributed by atoms with Gasteiger partial charge >= 0.3 is 0 Å². The number of halogens is 1. The third-order valence-corrected chi connectivity index (χ3v) is 4.05. The van der Waals surface area contributed by atoms with Crippen LogP contribution in [-0.4, -0.2) is 35.2 Å². The molecule has 1 rings (SSSR count). The molecule has 1 amide bonds. The second-order valence-corrected chi connectivity index (χ2v) is 5.64. The van der Waals surface area contributed by atoms with Crippen LogP contribution in [0.25, 0.3) is 0 Å². The molecule has 1 aromatic rings. The number of aliphatic hydroxyl groups excluding tert-OH is 1. The highest BCUT2D eigenvalue weighted by atomic mass is 79.9. The Morgan fingerprint density at radius 1 is 1.71 bits per heavy atom. The van der Waals surface area contributed by atoms with Gasteiger partial charge in [0.15, 0.2) is 10.4 Å². The largest absolute Gasteiger partial charge is 0.444 e. The molecule has 2 unspecified atom stereocenters. The van der Waals surface area contributed by atoms with Gasteiger partial charge in [0.2, 0.25) is 0 Å². The Hall–Kier alpha value is -0.460. The minimum Gasteiger partial charge on any atom is -0.444 e. The molecule has 2 N–H and O–H groups in total. The molecule has 1 aromatic heterocycles. The van der Waals surface area contributed by atoms with E-state index in [-0.39, 0.29) is 23.8 Å². The Kier molecular flexibility index (Phi) is 5.55. The van der Waals surface area contributed by atoms with E-state index in [1.807, 2.05) is 20.1 Å². The number of carbonyl (C=O) groups is 1. The molecule has 96 valence electrons. The molecule has 17 heavy (non-hydrogen) atoms. The lowest BCUT2D eigenvalue weighted by Gasteiger charge is -2.20. The molecule has 0 saturated carbocycles. The summed E-state index contributed by atoms with van der Waals surface area (Å²) >= 11 is 4.70. The van der Waals surface area contributed by atoms with Gasteiger partial charge in [-0.2, -0.15) is 11.8 Å². The first-order valence-electron chi connectivity index (χ1n) is 5.20. The zero-order chi connectivity index (χ0) is 13.0. The Bertz CT molecular complexity index is 390. The first-order chi connectivity index (χ1) is 7.99. The van der Waals surface area contributed by atoms with Gasteiger partial charge in [-0.3, -0.25) is 4.79 Å². The second-order valence-electron chi connectivity index (χ2n) is 3.78. The fourth-order valence-corrected chi connectivity index (χ4v) is 2.60. The number of furan rings is 1. The molecule has 1 heterocycles. The first kappa shape index (κ1) is 14.6. The molecule has 0 spiro atoms. The minimum atomic E-state index is -0.256. The van der Waals surface area contributed by atoms with Crippen LogP contribution < -0.4 is 5.32 Å². The van der Waals surface area contributed by atoms with E-state index in [9.17, 15) is 4.79 Å². The number of carbonyl (C=O) groups excluding carboxylic acids is 1. The zero-order valence-electron chi connectivity index (χ0n) is 9.99. The molecule has 0 saturated heterocycles. The van der Waals surface area contributed by atoms with Crippen LogP contribution in [0.5, 0.6) is 0 Å². The Labute approximate surface area is 113 Å². The van der Waals surface area contributed by atoms with E-state index < -0.39 is 0 Å². The Morgan fingerprint density at radius 2 is 2.35 bits per heavy atom. The third-order valence-electron chi connectivity index (χ3n) is 2.49. The van der Waals surface area contributed by atoms with Crippen LogP contribution in [0.15, 0.2) is 15.2 Å². The third kappa shape index (κ3) is 3.76. The maximum atomic E-state index is 11.9. The van der Waals surface area contributed by atoms with Crippen molar-refractivity contribution in [2.24, 2.45) is 0 Å². The zero-order valence-corrected chi connectivity index (χ0v) is 12.4. The molecular formula is C11H16BrNO3S. The van der Waals surface area contributed by atoms with Crippen LogP contribution in [0.4, 0.5) is 0 Å². The molecule has 0 aromatic carbocycles. The molecule has 6 heteroatoms. The normalized spacial score (nSPS) is 14.4. The molecule has 4 nitrogen and oxygen atoms in total. The fraction of sp³-hybridized carbons (Fsp3) is 0.545. The quantitative estimate of drug-likeness (QED) is 0.872. The summed E-state index contributed by atoms with van der Waals surface area (Å²) in [7, 11) is 0. The fourth-order valence-electron chi connectivity index (χ4n) is 1.47. The average Bonchev–Trinajstić information content (AvgIpc) is 2.59. The standard InChI is InChI=1S/C11H16BrNO3S/c1-6-4-9(12)16-10(6)11(15)13-7(2)8(5-14)17-3/h4,7-8,14H,5H2,1-3H3,(H,13,15). The van der Waals surface area contributed by atoms with Gasteiger partial charge in [0.1, 0.15) is 0 Å². The SMILES string of the molecule is CSC(CO)C(C)NC(=O)c1oc(Br)cc1C. The van der Waals surface area contributed by atoms with Gasteiger partial charge in [-0.1, -0.05) is 0 Å². The maximum Gasteiger partial charge on any atom is 0.287 e. The van der Waals surface area contributed by atoms with Crippen LogP contribution in [0.1, 0.15) is 23.0 Å². The molecular weight excluding hydrogens is 306 g/mol. The van der Waals surface area contributed by atoms with Crippen molar-refractivity contribution in [2.45, 2.75) is 25.1 Å². The number of amides is 1. The minimum absolute atomic E-state index is 0.0161. The molecule has 0 aliphatic carbocycles. The summed E-state index contributed by atoms with van der Waals surface area (Å²) in [5, 5.41) is 11.9. The van der Waals surface area contributed by atoms with Crippen molar-refractivity contribution in [3.8, 4) is 0 Å². The summed E-state index contributed by atoms with van der Waals surface area (Å²) in [5.41, 5.74) is 0.784. The number of aryl methyl sites for hydroxylation is 1. The molecule has 0 aliphatic heterocycles. The lowest BCUT2D eigenvalue weighted by Crippen LogP contribution is -2.41. The van der Waals surface area contributed by atoms with Crippen molar-refractivity contribution in [3.63, 3.8) is 0 Å². The highest BCUT2D eigenvalue weighted by molar-refractivity contribution is 9.10. The predicted molar refractivity (Wildman–Crippen MR) is 72.5 cm³/mol. The lowest BCUT2D eigenvalue weighted by atomic mass is 10.2. The molecule has 0 radical (unpaired) electrons. The molecule has 0 fully saturated rings. The van der Waals surface area contributed by atoms with Crippen LogP contribution in [0, 0.1) is 6.92 Å². The van der Waals surface area contributed by atoms with Gasteiger partial charge in [0.25, 0.3) is 5.91 Å². The summed E-state index contributed by atoms with van der Waals surface area (Å²) < 4.78 is 5.80. The Balaban J connectivity index is 2.69. The van der Waals surface area contributed by atoms with Gasteiger partial charge in [0.05, 0.1) is 6.61 Å². The van der Waals surface area contributed by atoms with Gasteiger partial charge < -0.3 is 14.8 Å². The van der Waals surface area contributed by atoms with E-state index in [0.717, 1.165) is 5.56 Å². The highest BCUT2D eigenvalue weighted by Crippen LogP contribution is 2.20. The van der Waals surface area contributed by atoms with E-state index in [2.05, 4.69) is 21.2 Å². The number of aliphatic hydroxyl groups is 1. The maximum absolute atomic E-state index is 11.9. The summed E-state index contributed by atoms with van der Waals surface area (Å²) in [6, 6.07) is 1.63. The van der Waals surface area contributed by atoms with Crippen molar-refractivity contribution in [1.29, 1.82) is 0 Å². The number of hydrogen-bond donors (Lipinski definition) is 2. The van der Waals surface area contributed by atoms with Crippen LogP contribution in [0.2, 0.25) is 0 Å². The van der Waals surface area contributed by atoms with Crippen molar-refractivity contribution in [2.75, 3.05) is 12.9 Å². The summed E-state index contributed by atoms with van der Waals surface area (Å²) in [4.78, 5) is 11.9. The van der Waals surface area contributed by atoms with Crippen molar-refractivity contribution >= 4 is 33.6 Å². The van der Waals surface area contributed by atoms with Crippen LogP contribution in [0.3, 0.4) is 0 Å². The highest BCUT2D eigenvalue weighted by Gasteiger charge is 2.21. The molecule has 2 atom stereocenters. The summed E-state index contributed by atoms with van der Waals surface area (Å²) in [5.74, 6) is 0.0507. The number of nitrogens with one attached hydrogen (secondary N) is 1. The van der Waals surface area contributed by atoms with E-state index in [1.54, 1.807) is 6.07 Å². The van der Waals surface area contributed by atoms with Gasteiger partial charge in [-0.25, -0.2) is 0 Å². The van der Waals surface area contributed by atoms with Crippen molar-refractivity contribution in [3.05, 3.63) is 22.1 Å². The van der Waals surface area contributed by atoms with Gasteiger partial charge in [0, 0.05) is 16.9 Å². The van der Waals surface area contributed by atoms with Crippen molar-refractivity contribution < 1.29 is 14.3 Å². The Morgan fingerprint density at radius 3 is 2.76 bits per heavy atom. The number of thioether (sulfide) groups is 1. The van der Waals surface area contributed by atoms with Crippen LogP contribution >= 0.6 is 27.7 Å². The van der Waals surface area contributed by atoms with Crippen molar-refractivity contribution in [1.82, 2.24) is 5.32 Å². The monoisotopic (exact) mass is 321 g/mol. The number of rotatable bonds is 5. The number of hydrogen-bond acceptors (Lipinski definition) is 4. The van der Waals surface area contributed by atoms with E-state index in [4.69, 9.17) is 9.52 Å². The summed E-state index contributed by atoms with van der Waals surface area (Å²) in [6.07, 6.45) is 1.90. The first-order valence-corrected chi connectivity index (χ1v) is 7.28. The summed E-state index contributed by atoms with van der Waals surface area (Å²) in [6.45, 7) is 3.71. The molecule has 0 bridgehead atoms. The van der Waals surface area contributed by atoms with E-state index >= 15 is 0 Å². The topological polar surface area (TPSA) is 62.5 Å². The van der Waals surface area contributed by atoms with E-state index in [1.165, 1.54) is 11.8 Å². The van der Waals surface area contributed by atoms with Gasteiger partial charge in [-0.05, 0) is 42.1 Å².